The van der Waals surface area contributed by atoms with Crippen LogP contribution in [0.5, 0.6) is 0 Å². The maximum Gasteiger partial charge on any atom is 0.434 e. The van der Waals surface area contributed by atoms with Gasteiger partial charge in [0.25, 0.3) is 0 Å². The lowest BCUT2D eigenvalue weighted by atomic mass is 10.1. The van der Waals surface area contributed by atoms with E-state index in [0.29, 0.717) is 0 Å². The van der Waals surface area contributed by atoms with E-state index in [9.17, 15) is 14.7 Å². The Kier molecular flexibility index (Phi) is 3.20. The van der Waals surface area contributed by atoms with Gasteiger partial charge in [-0.3, -0.25) is 9.63 Å². The molecular formula is C11H17NO6. The third-order valence-electron chi connectivity index (χ3n) is 2.69. The molecule has 1 amide bonds. The maximum absolute atomic E-state index is 11.9. The number of ether oxygens (including phenoxy) is 2. The first-order chi connectivity index (χ1) is 8.31. The number of fused-ring (bicyclic) bond motifs is 1. The number of hydrogen-bond donors (Lipinski definition) is 1. The van der Waals surface area contributed by atoms with Crippen LogP contribution >= 0.6 is 0 Å². The molecule has 3 atom stereocenters. The van der Waals surface area contributed by atoms with Gasteiger partial charge in [0.15, 0.2) is 6.10 Å². The van der Waals surface area contributed by atoms with Crippen LogP contribution in [0.1, 0.15) is 27.2 Å². The predicted octanol–water partition coefficient (Wildman–Crippen LogP) is 0.214. The van der Waals surface area contributed by atoms with Gasteiger partial charge in [-0.05, 0) is 20.8 Å². The average molecular weight is 259 g/mol. The van der Waals surface area contributed by atoms with Crippen LogP contribution in [-0.2, 0) is 19.1 Å². The normalized spacial score (nSPS) is 31.2. The van der Waals surface area contributed by atoms with E-state index < -0.39 is 29.9 Å². The SMILES string of the molecule is CC(C)(C)OC(=O)N1O[C@@H]2CC(=O)O[C@@H]2[C@H]1CO. The minimum atomic E-state index is -0.712. The highest BCUT2D eigenvalue weighted by Crippen LogP contribution is 2.32. The Balaban J connectivity index is 2.07. The van der Waals surface area contributed by atoms with Crippen molar-refractivity contribution in [2.75, 3.05) is 6.61 Å². The number of esters is 1. The van der Waals surface area contributed by atoms with Crippen molar-refractivity contribution in [3.8, 4) is 0 Å². The van der Waals surface area contributed by atoms with E-state index in [0.717, 1.165) is 5.06 Å². The summed E-state index contributed by atoms with van der Waals surface area (Å²) in [4.78, 5) is 28.3. The van der Waals surface area contributed by atoms with Gasteiger partial charge in [0.2, 0.25) is 0 Å². The van der Waals surface area contributed by atoms with Crippen molar-refractivity contribution in [2.45, 2.75) is 51.0 Å². The van der Waals surface area contributed by atoms with E-state index in [1.807, 2.05) is 0 Å². The minimum absolute atomic E-state index is 0.0838. The van der Waals surface area contributed by atoms with Crippen LogP contribution in [0.4, 0.5) is 4.79 Å². The summed E-state index contributed by atoms with van der Waals surface area (Å²) in [6.07, 6.45) is -1.75. The van der Waals surface area contributed by atoms with Gasteiger partial charge in [0, 0.05) is 0 Å². The summed E-state index contributed by atoms with van der Waals surface area (Å²) in [5, 5.41) is 10.3. The Bertz CT molecular complexity index is 363. The Morgan fingerprint density at radius 2 is 2.22 bits per heavy atom. The highest BCUT2D eigenvalue weighted by Gasteiger charge is 2.53. The number of aliphatic hydroxyl groups is 1. The van der Waals surface area contributed by atoms with E-state index in [1.165, 1.54) is 0 Å². The topological polar surface area (TPSA) is 85.3 Å². The summed E-state index contributed by atoms with van der Waals surface area (Å²) in [6, 6.07) is -0.712. The predicted molar refractivity (Wildman–Crippen MR) is 58.3 cm³/mol. The Morgan fingerprint density at radius 1 is 1.56 bits per heavy atom. The van der Waals surface area contributed by atoms with Crippen LogP contribution < -0.4 is 0 Å². The summed E-state index contributed by atoms with van der Waals surface area (Å²) in [5.74, 6) is -0.382. The summed E-state index contributed by atoms with van der Waals surface area (Å²) < 4.78 is 10.2. The third kappa shape index (κ3) is 2.41. The Labute approximate surface area is 105 Å². The molecule has 102 valence electrons. The van der Waals surface area contributed by atoms with Crippen molar-refractivity contribution >= 4 is 12.1 Å². The first kappa shape index (κ1) is 13.1. The fourth-order valence-corrected chi connectivity index (χ4v) is 2.00. The second kappa shape index (κ2) is 4.40. The number of carbonyl (C=O) groups excluding carboxylic acids is 2. The van der Waals surface area contributed by atoms with Crippen LogP contribution in [0.3, 0.4) is 0 Å². The number of carbonyl (C=O) groups is 2. The molecule has 2 saturated heterocycles. The van der Waals surface area contributed by atoms with Crippen molar-refractivity contribution in [1.82, 2.24) is 5.06 Å². The molecule has 0 bridgehead atoms. The lowest BCUT2D eigenvalue weighted by Gasteiger charge is -2.27. The van der Waals surface area contributed by atoms with Crippen molar-refractivity contribution in [1.29, 1.82) is 0 Å². The van der Waals surface area contributed by atoms with Crippen molar-refractivity contribution in [3.63, 3.8) is 0 Å². The van der Waals surface area contributed by atoms with Crippen molar-refractivity contribution in [3.05, 3.63) is 0 Å². The van der Waals surface area contributed by atoms with Gasteiger partial charge in [-0.25, -0.2) is 4.79 Å². The number of aliphatic hydroxyl groups excluding tert-OH is 1. The minimum Gasteiger partial charge on any atom is -0.457 e. The molecule has 2 rings (SSSR count). The molecule has 0 aromatic carbocycles. The summed E-state index contributed by atoms with van der Waals surface area (Å²) in [6.45, 7) is 4.84. The Hall–Kier alpha value is -1.34. The maximum atomic E-state index is 11.9. The van der Waals surface area contributed by atoms with E-state index in [2.05, 4.69) is 0 Å². The molecule has 18 heavy (non-hydrogen) atoms. The monoisotopic (exact) mass is 259 g/mol. The van der Waals surface area contributed by atoms with Crippen LogP contribution in [0, 0.1) is 0 Å². The zero-order valence-electron chi connectivity index (χ0n) is 10.6. The second-order valence-corrected chi connectivity index (χ2v) is 5.36. The molecule has 0 aromatic heterocycles. The number of hydrogen-bond acceptors (Lipinski definition) is 6. The molecule has 2 aliphatic rings. The number of nitrogens with zero attached hydrogens (tertiary/aromatic N) is 1. The fraction of sp³-hybridized carbons (Fsp3) is 0.818. The molecule has 7 nitrogen and oxygen atoms in total. The molecule has 0 radical (unpaired) electrons. The molecule has 0 unspecified atom stereocenters. The van der Waals surface area contributed by atoms with E-state index >= 15 is 0 Å². The first-order valence-corrected chi connectivity index (χ1v) is 5.81. The van der Waals surface area contributed by atoms with Gasteiger partial charge < -0.3 is 14.6 Å². The summed E-state index contributed by atoms with van der Waals surface area (Å²) in [7, 11) is 0. The van der Waals surface area contributed by atoms with E-state index in [1.54, 1.807) is 20.8 Å². The third-order valence-corrected chi connectivity index (χ3v) is 2.69. The Morgan fingerprint density at radius 3 is 2.78 bits per heavy atom. The molecule has 0 aliphatic carbocycles. The highest BCUT2D eigenvalue weighted by atomic mass is 16.8. The van der Waals surface area contributed by atoms with Gasteiger partial charge in [-0.2, -0.15) is 5.06 Å². The van der Waals surface area contributed by atoms with E-state index in [4.69, 9.17) is 14.3 Å². The lowest BCUT2D eigenvalue weighted by molar-refractivity contribution is -0.162. The molecular weight excluding hydrogens is 242 g/mol. The van der Waals surface area contributed by atoms with Crippen LogP contribution in [0.15, 0.2) is 0 Å². The standard InChI is InChI=1S/C11H17NO6/c1-11(2,3)17-10(15)12-6(5-13)9-7(18-12)4-8(14)16-9/h6-7,9,13H,4-5H2,1-3H3/t6-,7-,9-/m1/s1. The lowest BCUT2D eigenvalue weighted by Crippen LogP contribution is -2.44. The zero-order chi connectivity index (χ0) is 13.5. The molecule has 0 spiro atoms. The molecule has 0 aromatic rings. The molecule has 2 aliphatic heterocycles. The highest BCUT2D eigenvalue weighted by molar-refractivity contribution is 5.74. The van der Waals surface area contributed by atoms with Gasteiger partial charge in [-0.15, -0.1) is 0 Å². The van der Waals surface area contributed by atoms with Gasteiger partial charge in [0.1, 0.15) is 17.7 Å². The van der Waals surface area contributed by atoms with Gasteiger partial charge in [-0.1, -0.05) is 0 Å². The molecule has 2 heterocycles. The summed E-state index contributed by atoms with van der Waals surface area (Å²) in [5.41, 5.74) is -0.658. The second-order valence-electron chi connectivity index (χ2n) is 5.36. The largest absolute Gasteiger partial charge is 0.457 e. The molecule has 7 heteroatoms. The van der Waals surface area contributed by atoms with Crippen molar-refractivity contribution in [2.24, 2.45) is 0 Å². The zero-order valence-corrected chi connectivity index (χ0v) is 10.6. The quantitative estimate of drug-likeness (QED) is 0.678. The van der Waals surface area contributed by atoms with Crippen LogP contribution in [-0.4, -0.2) is 52.7 Å². The molecule has 1 N–H and O–H groups in total. The van der Waals surface area contributed by atoms with Gasteiger partial charge >= 0.3 is 12.1 Å². The average Bonchev–Trinajstić information content (AvgIpc) is 2.70. The van der Waals surface area contributed by atoms with Gasteiger partial charge in [0.05, 0.1) is 13.0 Å². The molecule has 0 saturated carbocycles. The molecule has 2 fully saturated rings. The number of hydroxylamine groups is 2. The smallest absolute Gasteiger partial charge is 0.434 e. The number of amides is 1. The first-order valence-electron chi connectivity index (χ1n) is 5.81. The van der Waals surface area contributed by atoms with E-state index in [-0.39, 0.29) is 19.0 Å². The fourth-order valence-electron chi connectivity index (χ4n) is 2.00. The van der Waals surface area contributed by atoms with Crippen LogP contribution in [0.25, 0.3) is 0 Å². The number of rotatable bonds is 1. The van der Waals surface area contributed by atoms with Crippen molar-refractivity contribution < 1.29 is 29.0 Å². The van der Waals surface area contributed by atoms with Crippen LogP contribution in [0.2, 0.25) is 0 Å². The summed E-state index contributed by atoms with van der Waals surface area (Å²) >= 11 is 0.